The Hall–Kier alpha value is -1.82. The van der Waals surface area contributed by atoms with E-state index in [1.54, 1.807) is 18.4 Å². The molecule has 5 nitrogen and oxygen atoms in total. The molecule has 6 heteroatoms. The van der Waals surface area contributed by atoms with Crippen molar-refractivity contribution in [2.24, 2.45) is 0 Å². The summed E-state index contributed by atoms with van der Waals surface area (Å²) in [5.74, 6) is 0.820. The number of halogens is 1. The number of nitrogens with zero attached hydrogens (tertiary/aromatic N) is 1. The molecule has 1 N–H and O–H groups in total. The number of nitro benzene ring substituents is 1. The van der Waals surface area contributed by atoms with Crippen LogP contribution in [-0.4, -0.2) is 4.92 Å². The van der Waals surface area contributed by atoms with E-state index in [-0.39, 0.29) is 5.69 Å². The van der Waals surface area contributed by atoms with Crippen LogP contribution in [0.5, 0.6) is 0 Å². The van der Waals surface area contributed by atoms with Crippen molar-refractivity contribution in [3.05, 3.63) is 56.4 Å². The summed E-state index contributed by atoms with van der Waals surface area (Å²) >= 11 is 3.14. The summed E-state index contributed by atoms with van der Waals surface area (Å²) in [4.78, 5) is 10.4. The van der Waals surface area contributed by atoms with Gasteiger partial charge in [0.25, 0.3) is 5.69 Å². The maximum atomic E-state index is 10.8. The van der Waals surface area contributed by atoms with E-state index in [4.69, 9.17) is 4.42 Å². The SMILES string of the molecule is Cc1ccoc1CNc1ccc(Br)c([N+](=O)[O-])c1. The first-order valence-corrected chi connectivity index (χ1v) is 6.08. The van der Waals surface area contributed by atoms with E-state index in [0.29, 0.717) is 16.7 Å². The Labute approximate surface area is 112 Å². The van der Waals surface area contributed by atoms with Crippen molar-refractivity contribution in [2.45, 2.75) is 13.5 Å². The number of benzene rings is 1. The standard InChI is InChI=1S/C12H11BrN2O3/c1-8-4-5-18-12(8)7-14-9-2-3-10(13)11(6-9)15(16)17/h2-6,14H,7H2,1H3. The maximum absolute atomic E-state index is 10.8. The Morgan fingerprint density at radius 3 is 2.83 bits per heavy atom. The van der Waals surface area contributed by atoms with Crippen LogP contribution in [0.15, 0.2) is 39.4 Å². The number of aryl methyl sites for hydroxylation is 1. The third-order valence-corrected chi connectivity index (χ3v) is 3.23. The summed E-state index contributed by atoms with van der Waals surface area (Å²) in [7, 11) is 0. The van der Waals surface area contributed by atoms with Gasteiger partial charge in [0.05, 0.1) is 22.2 Å². The van der Waals surface area contributed by atoms with E-state index >= 15 is 0 Å². The lowest BCUT2D eigenvalue weighted by Gasteiger charge is -2.05. The van der Waals surface area contributed by atoms with E-state index < -0.39 is 4.92 Å². The van der Waals surface area contributed by atoms with Gasteiger partial charge in [0.2, 0.25) is 0 Å². The lowest BCUT2D eigenvalue weighted by atomic mass is 10.2. The topological polar surface area (TPSA) is 68.3 Å². The molecular formula is C12H11BrN2O3. The summed E-state index contributed by atoms with van der Waals surface area (Å²) in [6.07, 6.45) is 1.62. The van der Waals surface area contributed by atoms with Gasteiger partial charge in [-0.05, 0) is 46.6 Å². The quantitative estimate of drug-likeness (QED) is 0.687. The molecule has 1 aromatic carbocycles. The summed E-state index contributed by atoms with van der Waals surface area (Å²) in [6.45, 7) is 2.45. The third kappa shape index (κ3) is 2.70. The first-order chi connectivity index (χ1) is 8.58. The molecule has 0 saturated heterocycles. The summed E-state index contributed by atoms with van der Waals surface area (Å²) in [5.41, 5.74) is 1.77. The fraction of sp³-hybridized carbons (Fsp3) is 0.167. The average molecular weight is 311 g/mol. The Balaban J connectivity index is 2.13. The van der Waals surface area contributed by atoms with E-state index in [0.717, 1.165) is 11.3 Å². The van der Waals surface area contributed by atoms with Crippen molar-refractivity contribution in [3.63, 3.8) is 0 Å². The predicted molar refractivity (Wildman–Crippen MR) is 71.6 cm³/mol. The molecule has 2 rings (SSSR count). The Bertz CT molecular complexity index is 580. The zero-order valence-electron chi connectivity index (χ0n) is 9.64. The average Bonchev–Trinajstić information content (AvgIpc) is 2.73. The number of anilines is 1. The molecule has 0 aliphatic rings. The number of hydrogen-bond acceptors (Lipinski definition) is 4. The van der Waals surface area contributed by atoms with Gasteiger partial charge in [0.1, 0.15) is 5.76 Å². The highest BCUT2D eigenvalue weighted by Gasteiger charge is 2.12. The van der Waals surface area contributed by atoms with Crippen molar-refractivity contribution in [2.75, 3.05) is 5.32 Å². The number of nitro groups is 1. The fourth-order valence-electron chi connectivity index (χ4n) is 1.53. The molecular weight excluding hydrogens is 300 g/mol. The van der Waals surface area contributed by atoms with E-state index in [9.17, 15) is 10.1 Å². The third-order valence-electron chi connectivity index (χ3n) is 2.56. The molecule has 0 radical (unpaired) electrons. The molecule has 0 saturated carbocycles. The molecule has 1 aromatic heterocycles. The molecule has 0 fully saturated rings. The molecule has 2 aromatic rings. The van der Waals surface area contributed by atoms with Crippen molar-refractivity contribution in [1.82, 2.24) is 0 Å². The van der Waals surface area contributed by atoms with Gasteiger partial charge < -0.3 is 9.73 Å². The van der Waals surface area contributed by atoms with Gasteiger partial charge in [-0.15, -0.1) is 0 Å². The Morgan fingerprint density at radius 2 is 2.22 bits per heavy atom. The van der Waals surface area contributed by atoms with Crippen molar-refractivity contribution >= 4 is 27.3 Å². The number of furan rings is 1. The van der Waals surface area contributed by atoms with E-state index in [1.165, 1.54) is 6.07 Å². The van der Waals surface area contributed by atoms with Crippen LogP contribution in [-0.2, 0) is 6.54 Å². The monoisotopic (exact) mass is 310 g/mol. The van der Waals surface area contributed by atoms with Gasteiger partial charge in [-0.3, -0.25) is 10.1 Å². The second kappa shape index (κ2) is 5.22. The minimum atomic E-state index is -0.423. The van der Waals surface area contributed by atoms with Gasteiger partial charge in [-0.25, -0.2) is 0 Å². The van der Waals surface area contributed by atoms with Gasteiger partial charge >= 0.3 is 0 Å². The molecule has 0 aliphatic heterocycles. The molecule has 0 aliphatic carbocycles. The fourth-order valence-corrected chi connectivity index (χ4v) is 1.92. The molecule has 1 heterocycles. The lowest BCUT2D eigenvalue weighted by Crippen LogP contribution is -2.00. The van der Waals surface area contributed by atoms with Crippen LogP contribution in [0.25, 0.3) is 0 Å². The molecule has 0 atom stereocenters. The van der Waals surface area contributed by atoms with Crippen molar-refractivity contribution in [1.29, 1.82) is 0 Å². The molecule has 0 unspecified atom stereocenters. The molecule has 18 heavy (non-hydrogen) atoms. The molecule has 0 spiro atoms. The van der Waals surface area contributed by atoms with Crippen LogP contribution in [0.4, 0.5) is 11.4 Å². The number of nitrogens with one attached hydrogen (secondary N) is 1. The Kier molecular flexibility index (Phi) is 3.66. The van der Waals surface area contributed by atoms with Crippen molar-refractivity contribution in [3.8, 4) is 0 Å². The molecule has 0 bridgehead atoms. The first-order valence-electron chi connectivity index (χ1n) is 5.28. The first kappa shape index (κ1) is 12.6. The van der Waals surface area contributed by atoms with Gasteiger partial charge in [-0.1, -0.05) is 0 Å². The Morgan fingerprint density at radius 1 is 1.44 bits per heavy atom. The molecule has 0 amide bonds. The second-order valence-electron chi connectivity index (χ2n) is 3.80. The van der Waals surface area contributed by atoms with Crippen LogP contribution in [0.2, 0.25) is 0 Å². The highest BCUT2D eigenvalue weighted by atomic mass is 79.9. The van der Waals surface area contributed by atoms with Crippen LogP contribution >= 0.6 is 15.9 Å². The van der Waals surface area contributed by atoms with Crippen molar-refractivity contribution < 1.29 is 9.34 Å². The summed E-state index contributed by atoms with van der Waals surface area (Å²) < 4.78 is 5.75. The van der Waals surface area contributed by atoms with E-state index in [1.807, 2.05) is 13.0 Å². The highest BCUT2D eigenvalue weighted by molar-refractivity contribution is 9.10. The zero-order valence-corrected chi connectivity index (χ0v) is 11.2. The van der Waals surface area contributed by atoms with Crippen LogP contribution in [0, 0.1) is 17.0 Å². The summed E-state index contributed by atoms with van der Waals surface area (Å²) in [6, 6.07) is 6.79. The second-order valence-corrected chi connectivity index (χ2v) is 4.66. The molecule has 94 valence electrons. The van der Waals surface area contributed by atoms with Gasteiger partial charge in [0, 0.05) is 11.8 Å². The minimum Gasteiger partial charge on any atom is -0.467 e. The predicted octanol–water partition coefficient (Wildman–Crippen LogP) is 3.87. The summed E-state index contributed by atoms with van der Waals surface area (Å²) in [5, 5.41) is 13.9. The number of rotatable bonds is 4. The van der Waals surface area contributed by atoms with Crippen LogP contribution in [0.1, 0.15) is 11.3 Å². The highest BCUT2D eigenvalue weighted by Crippen LogP contribution is 2.28. The van der Waals surface area contributed by atoms with Crippen LogP contribution < -0.4 is 5.32 Å². The van der Waals surface area contributed by atoms with Gasteiger partial charge in [-0.2, -0.15) is 0 Å². The van der Waals surface area contributed by atoms with Crippen LogP contribution in [0.3, 0.4) is 0 Å². The normalized spacial score (nSPS) is 10.3. The largest absolute Gasteiger partial charge is 0.467 e. The maximum Gasteiger partial charge on any atom is 0.285 e. The lowest BCUT2D eigenvalue weighted by molar-refractivity contribution is -0.385. The smallest absolute Gasteiger partial charge is 0.285 e. The minimum absolute atomic E-state index is 0.0381. The number of hydrogen-bond donors (Lipinski definition) is 1. The van der Waals surface area contributed by atoms with Gasteiger partial charge in [0.15, 0.2) is 0 Å². The zero-order chi connectivity index (χ0) is 13.1. The van der Waals surface area contributed by atoms with E-state index in [2.05, 4.69) is 21.2 Å².